The summed E-state index contributed by atoms with van der Waals surface area (Å²) in [7, 11) is 0. The Balaban J connectivity index is 1.97. The van der Waals surface area contributed by atoms with E-state index in [2.05, 4.69) is 15.5 Å². The maximum absolute atomic E-state index is 11.2. The van der Waals surface area contributed by atoms with E-state index < -0.39 is 5.91 Å². The molecule has 1 aromatic carbocycles. The first kappa shape index (κ1) is 12.2. The van der Waals surface area contributed by atoms with Crippen molar-refractivity contribution < 1.29 is 4.79 Å². The van der Waals surface area contributed by atoms with E-state index in [0.717, 1.165) is 11.3 Å². The van der Waals surface area contributed by atoms with Crippen LogP contribution < -0.4 is 11.1 Å². The maximum atomic E-state index is 11.2. The number of amides is 1. The molecule has 5 nitrogen and oxygen atoms in total. The third kappa shape index (κ3) is 3.11. The molecule has 0 saturated carbocycles. The first-order chi connectivity index (χ1) is 8.77. The molecule has 0 saturated heterocycles. The largest absolute Gasteiger partial charge is 0.366 e. The lowest BCUT2D eigenvalue weighted by molar-refractivity contribution is 0.0999. The molecule has 1 amide bonds. The molecule has 2 aromatic rings. The van der Waals surface area contributed by atoms with Gasteiger partial charge in [-0.2, -0.15) is 10.2 Å². The van der Waals surface area contributed by atoms with Gasteiger partial charge in [0, 0.05) is 24.8 Å². The van der Waals surface area contributed by atoms with Crippen LogP contribution in [0.15, 0.2) is 42.6 Å². The number of carbonyl (C=O) groups excluding carboxylic acids is 1. The van der Waals surface area contributed by atoms with Crippen molar-refractivity contribution >= 4 is 5.91 Å². The normalized spacial score (nSPS) is 10.2. The van der Waals surface area contributed by atoms with Crippen molar-refractivity contribution in [3.05, 3.63) is 59.4 Å². The summed E-state index contributed by atoms with van der Waals surface area (Å²) in [4.78, 5) is 11.2. The third-order valence-corrected chi connectivity index (χ3v) is 2.53. The fourth-order valence-electron chi connectivity index (χ4n) is 1.67. The summed E-state index contributed by atoms with van der Waals surface area (Å²) >= 11 is 0. The first-order valence-corrected chi connectivity index (χ1v) is 5.62. The zero-order valence-corrected chi connectivity index (χ0v) is 9.84. The highest BCUT2D eigenvalue weighted by atomic mass is 16.1. The van der Waals surface area contributed by atoms with E-state index in [1.807, 2.05) is 24.3 Å². The van der Waals surface area contributed by atoms with Gasteiger partial charge in [-0.1, -0.05) is 18.2 Å². The van der Waals surface area contributed by atoms with E-state index in [1.165, 1.54) is 0 Å². The molecule has 2 rings (SSSR count). The Kier molecular flexibility index (Phi) is 3.98. The van der Waals surface area contributed by atoms with Gasteiger partial charge in [0.2, 0.25) is 5.91 Å². The topological polar surface area (TPSA) is 80.9 Å². The van der Waals surface area contributed by atoms with Crippen molar-refractivity contribution in [1.29, 1.82) is 0 Å². The molecular formula is C13H14N4O. The van der Waals surface area contributed by atoms with Gasteiger partial charge in [0.25, 0.3) is 0 Å². The van der Waals surface area contributed by atoms with Crippen LogP contribution in [0, 0.1) is 0 Å². The Bertz CT molecular complexity index is 528. The van der Waals surface area contributed by atoms with Gasteiger partial charge in [0.15, 0.2) is 0 Å². The van der Waals surface area contributed by atoms with E-state index in [0.29, 0.717) is 18.7 Å². The summed E-state index contributed by atoms with van der Waals surface area (Å²) in [5.41, 5.74) is 7.59. The van der Waals surface area contributed by atoms with Gasteiger partial charge < -0.3 is 11.1 Å². The van der Waals surface area contributed by atoms with Crippen molar-refractivity contribution in [2.45, 2.75) is 13.1 Å². The molecule has 0 bridgehead atoms. The minimum Gasteiger partial charge on any atom is -0.366 e. The Labute approximate surface area is 105 Å². The molecule has 1 heterocycles. The smallest absolute Gasteiger partial charge is 0.249 e. The predicted molar refractivity (Wildman–Crippen MR) is 67.5 cm³/mol. The van der Waals surface area contributed by atoms with Crippen molar-refractivity contribution in [1.82, 2.24) is 15.5 Å². The second-order valence-electron chi connectivity index (χ2n) is 3.84. The number of nitrogens with two attached hydrogens (primary N) is 1. The van der Waals surface area contributed by atoms with E-state index in [1.54, 1.807) is 18.3 Å². The summed E-state index contributed by atoms with van der Waals surface area (Å²) in [5, 5.41) is 11.0. The van der Waals surface area contributed by atoms with Gasteiger partial charge in [-0.3, -0.25) is 4.79 Å². The fraction of sp³-hybridized carbons (Fsp3) is 0.154. The number of rotatable bonds is 5. The van der Waals surface area contributed by atoms with E-state index in [4.69, 9.17) is 5.73 Å². The van der Waals surface area contributed by atoms with Crippen LogP contribution in [0.5, 0.6) is 0 Å². The summed E-state index contributed by atoms with van der Waals surface area (Å²) in [6.07, 6.45) is 1.63. The van der Waals surface area contributed by atoms with E-state index in [-0.39, 0.29) is 0 Å². The SMILES string of the molecule is NC(=O)c1ccccc1CNCc1cccnn1. The van der Waals surface area contributed by atoms with Crippen LogP contribution in [-0.4, -0.2) is 16.1 Å². The number of carbonyl (C=O) groups is 1. The molecule has 92 valence electrons. The zero-order valence-electron chi connectivity index (χ0n) is 9.84. The molecule has 0 aliphatic heterocycles. The Morgan fingerprint density at radius 3 is 2.72 bits per heavy atom. The Hall–Kier alpha value is -2.27. The minimum absolute atomic E-state index is 0.410. The molecule has 0 atom stereocenters. The van der Waals surface area contributed by atoms with Gasteiger partial charge in [-0.25, -0.2) is 0 Å². The van der Waals surface area contributed by atoms with E-state index in [9.17, 15) is 4.79 Å². The van der Waals surface area contributed by atoms with Crippen LogP contribution in [0.3, 0.4) is 0 Å². The van der Waals surface area contributed by atoms with Crippen LogP contribution in [0.2, 0.25) is 0 Å². The monoisotopic (exact) mass is 242 g/mol. The summed E-state index contributed by atoms with van der Waals surface area (Å²) in [6, 6.07) is 11.0. The second-order valence-corrected chi connectivity index (χ2v) is 3.84. The van der Waals surface area contributed by atoms with Crippen LogP contribution in [0.25, 0.3) is 0 Å². The number of primary amides is 1. The van der Waals surface area contributed by atoms with Gasteiger partial charge in [-0.05, 0) is 23.8 Å². The van der Waals surface area contributed by atoms with Crippen LogP contribution in [0.4, 0.5) is 0 Å². The fourth-order valence-corrected chi connectivity index (χ4v) is 1.67. The lowest BCUT2D eigenvalue weighted by atomic mass is 10.1. The molecule has 0 unspecified atom stereocenters. The van der Waals surface area contributed by atoms with Gasteiger partial charge in [-0.15, -0.1) is 0 Å². The van der Waals surface area contributed by atoms with Crippen molar-refractivity contribution in [3.8, 4) is 0 Å². The Morgan fingerprint density at radius 2 is 2.00 bits per heavy atom. The molecule has 0 radical (unpaired) electrons. The number of hydrogen-bond acceptors (Lipinski definition) is 4. The highest BCUT2D eigenvalue weighted by Gasteiger charge is 2.06. The average molecular weight is 242 g/mol. The van der Waals surface area contributed by atoms with Gasteiger partial charge in [0.05, 0.1) is 5.69 Å². The molecule has 0 aliphatic rings. The highest BCUT2D eigenvalue weighted by molar-refractivity contribution is 5.94. The molecule has 0 spiro atoms. The van der Waals surface area contributed by atoms with Crippen LogP contribution in [0.1, 0.15) is 21.6 Å². The molecular weight excluding hydrogens is 228 g/mol. The standard InChI is InChI=1S/C13H14N4O/c14-13(18)12-6-2-1-4-10(12)8-15-9-11-5-3-7-16-17-11/h1-7,15H,8-9H2,(H2,14,18). The summed E-state index contributed by atoms with van der Waals surface area (Å²) in [6.45, 7) is 1.16. The van der Waals surface area contributed by atoms with Crippen LogP contribution in [-0.2, 0) is 13.1 Å². The zero-order chi connectivity index (χ0) is 12.8. The first-order valence-electron chi connectivity index (χ1n) is 5.62. The third-order valence-electron chi connectivity index (χ3n) is 2.53. The number of hydrogen-bond donors (Lipinski definition) is 2. The number of nitrogens with zero attached hydrogens (tertiary/aromatic N) is 2. The van der Waals surface area contributed by atoms with Crippen LogP contribution >= 0.6 is 0 Å². The lowest BCUT2D eigenvalue weighted by Crippen LogP contribution is -2.19. The Morgan fingerprint density at radius 1 is 1.17 bits per heavy atom. The molecule has 3 N–H and O–H groups in total. The van der Waals surface area contributed by atoms with Crippen molar-refractivity contribution in [2.24, 2.45) is 5.73 Å². The minimum atomic E-state index is -0.410. The molecule has 18 heavy (non-hydrogen) atoms. The quantitative estimate of drug-likeness (QED) is 0.815. The summed E-state index contributed by atoms with van der Waals surface area (Å²) < 4.78 is 0. The van der Waals surface area contributed by atoms with Gasteiger partial charge in [0.1, 0.15) is 0 Å². The molecule has 0 fully saturated rings. The average Bonchev–Trinajstić information content (AvgIpc) is 2.40. The molecule has 5 heteroatoms. The maximum Gasteiger partial charge on any atom is 0.249 e. The number of nitrogens with one attached hydrogen (secondary N) is 1. The summed E-state index contributed by atoms with van der Waals surface area (Å²) in [5.74, 6) is -0.410. The van der Waals surface area contributed by atoms with Gasteiger partial charge >= 0.3 is 0 Å². The number of benzene rings is 1. The second kappa shape index (κ2) is 5.88. The molecule has 0 aliphatic carbocycles. The van der Waals surface area contributed by atoms with Crippen molar-refractivity contribution in [3.63, 3.8) is 0 Å². The highest BCUT2D eigenvalue weighted by Crippen LogP contribution is 2.07. The predicted octanol–water partition coefficient (Wildman–Crippen LogP) is 0.865. The lowest BCUT2D eigenvalue weighted by Gasteiger charge is -2.07. The number of aromatic nitrogens is 2. The van der Waals surface area contributed by atoms with E-state index >= 15 is 0 Å². The van der Waals surface area contributed by atoms with Crippen molar-refractivity contribution in [2.75, 3.05) is 0 Å². The molecule has 1 aromatic heterocycles.